The van der Waals surface area contributed by atoms with Gasteiger partial charge in [0.15, 0.2) is 11.5 Å². The Labute approximate surface area is 141 Å². The van der Waals surface area contributed by atoms with Gasteiger partial charge in [0.1, 0.15) is 0 Å². The van der Waals surface area contributed by atoms with E-state index in [9.17, 15) is 14.7 Å². The molecule has 126 valence electrons. The number of carbonyl (C=O) groups is 2. The molecule has 23 heavy (non-hydrogen) atoms. The van der Waals surface area contributed by atoms with Crippen LogP contribution in [0, 0.1) is 5.92 Å². The third-order valence-electron chi connectivity index (χ3n) is 4.49. The molecule has 1 N–H and O–H groups in total. The standard InChI is InChI=1S/C18H25NO3S/c1-4-6-8-13(5-2)11-19-16(14-9-7-10-23-14)15(12(3)20)17(21)18(19)22/h7,9-10,13,16,21H,4-6,8,11H2,1-3H3/t13-,16+/m1/s1. The predicted molar refractivity (Wildman–Crippen MR) is 92.4 cm³/mol. The Bertz CT molecular complexity index is 591. The van der Waals surface area contributed by atoms with E-state index in [2.05, 4.69) is 13.8 Å². The number of Topliss-reactive ketones (excluding diaryl/α,β-unsaturated/α-hetero) is 1. The molecule has 4 nitrogen and oxygen atoms in total. The number of carbonyl (C=O) groups excluding carboxylic acids is 2. The quantitative estimate of drug-likeness (QED) is 0.772. The average Bonchev–Trinajstić information content (AvgIpc) is 3.12. The lowest BCUT2D eigenvalue weighted by Crippen LogP contribution is -2.35. The van der Waals surface area contributed by atoms with Crippen LogP contribution in [0.4, 0.5) is 0 Å². The molecule has 0 unspecified atom stereocenters. The van der Waals surface area contributed by atoms with Gasteiger partial charge in [0, 0.05) is 11.4 Å². The number of hydrogen-bond acceptors (Lipinski definition) is 4. The number of ketones is 1. The topological polar surface area (TPSA) is 57.6 Å². The molecule has 0 radical (unpaired) electrons. The van der Waals surface area contributed by atoms with Gasteiger partial charge in [0.2, 0.25) is 0 Å². The summed E-state index contributed by atoms with van der Waals surface area (Å²) in [6.45, 7) is 6.28. The SMILES string of the molecule is CCCC[C@@H](CC)CN1C(=O)C(O)=C(C(C)=O)[C@@H]1c1cccs1. The van der Waals surface area contributed by atoms with E-state index in [0.29, 0.717) is 12.5 Å². The van der Waals surface area contributed by atoms with Gasteiger partial charge in [-0.2, -0.15) is 0 Å². The van der Waals surface area contributed by atoms with E-state index in [4.69, 9.17) is 0 Å². The Hall–Kier alpha value is -1.62. The first-order valence-corrected chi connectivity index (χ1v) is 9.17. The van der Waals surface area contributed by atoms with E-state index in [0.717, 1.165) is 30.6 Å². The molecule has 1 aliphatic heterocycles. The zero-order valence-corrected chi connectivity index (χ0v) is 14.9. The van der Waals surface area contributed by atoms with Crippen LogP contribution in [0.3, 0.4) is 0 Å². The number of rotatable bonds is 8. The summed E-state index contributed by atoms with van der Waals surface area (Å²) < 4.78 is 0. The molecule has 0 bridgehead atoms. The second-order valence-corrected chi connectivity index (χ2v) is 7.09. The minimum atomic E-state index is -0.435. The highest BCUT2D eigenvalue weighted by Gasteiger charge is 2.43. The van der Waals surface area contributed by atoms with Crippen molar-refractivity contribution in [2.75, 3.05) is 6.54 Å². The summed E-state index contributed by atoms with van der Waals surface area (Å²) in [7, 11) is 0. The normalized spacial score (nSPS) is 19.5. The van der Waals surface area contributed by atoms with Crippen LogP contribution in [0.15, 0.2) is 28.8 Å². The summed E-state index contributed by atoms with van der Waals surface area (Å²) in [5.41, 5.74) is 0.239. The van der Waals surface area contributed by atoms with Crippen molar-refractivity contribution in [1.29, 1.82) is 0 Å². The Balaban J connectivity index is 2.30. The molecule has 0 aliphatic carbocycles. The Morgan fingerprint density at radius 2 is 2.17 bits per heavy atom. The van der Waals surface area contributed by atoms with Gasteiger partial charge in [0.25, 0.3) is 5.91 Å². The van der Waals surface area contributed by atoms with Crippen LogP contribution in [-0.2, 0) is 9.59 Å². The van der Waals surface area contributed by atoms with Crippen LogP contribution in [0.1, 0.15) is 57.4 Å². The van der Waals surface area contributed by atoms with Gasteiger partial charge < -0.3 is 10.0 Å². The molecule has 1 aliphatic rings. The number of hydrogen-bond donors (Lipinski definition) is 1. The molecule has 0 aromatic carbocycles. The van der Waals surface area contributed by atoms with Crippen molar-refractivity contribution in [3.8, 4) is 0 Å². The maximum atomic E-state index is 12.5. The van der Waals surface area contributed by atoms with E-state index in [1.807, 2.05) is 17.5 Å². The van der Waals surface area contributed by atoms with Crippen molar-refractivity contribution >= 4 is 23.0 Å². The zero-order chi connectivity index (χ0) is 17.0. The van der Waals surface area contributed by atoms with Crippen LogP contribution in [-0.4, -0.2) is 28.2 Å². The summed E-state index contributed by atoms with van der Waals surface area (Å²) in [5.74, 6) is -0.636. The first-order chi connectivity index (χ1) is 11.0. The Morgan fingerprint density at radius 1 is 1.43 bits per heavy atom. The zero-order valence-electron chi connectivity index (χ0n) is 14.0. The fourth-order valence-electron chi connectivity index (χ4n) is 3.14. The smallest absolute Gasteiger partial charge is 0.290 e. The monoisotopic (exact) mass is 335 g/mol. The fraction of sp³-hybridized carbons (Fsp3) is 0.556. The highest BCUT2D eigenvalue weighted by Crippen LogP contribution is 2.40. The molecule has 0 fully saturated rings. The maximum absolute atomic E-state index is 12.5. The molecule has 0 saturated carbocycles. The molecule has 1 aromatic heterocycles. The molecule has 2 heterocycles. The molecule has 1 aromatic rings. The minimum absolute atomic E-state index is 0.238. The van der Waals surface area contributed by atoms with E-state index in [-0.39, 0.29) is 17.1 Å². The van der Waals surface area contributed by atoms with E-state index >= 15 is 0 Å². The van der Waals surface area contributed by atoms with Crippen molar-refractivity contribution in [3.05, 3.63) is 33.7 Å². The van der Waals surface area contributed by atoms with Crippen LogP contribution in [0.25, 0.3) is 0 Å². The Morgan fingerprint density at radius 3 is 2.70 bits per heavy atom. The van der Waals surface area contributed by atoms with E-state index in [1.165, 1.54) is 18.3 Å². The summed E-state index contributed by atoms with van der Waals surface area (Å²) >= 11 is 1.51. The van der Waals surface area contributed by atoms with Crippen molar-refractivity contribution in [3.63, 3.8) is 0 Å². The van der Waals surface area contributed by atoms with Gasteiger partial charge in [-0.05, 0) is 30.7 Å². The molecule has 1 amide bonds. The largest absolute Gasteiger partial charge is 0.503 e. The predicted octanol–water partition coefficient (Wildman–Crippen LogP) is 4.25. The highest BCUT2D eigenvalue weighted by atomic mass is 32.1. The summed E-state index contributed by atoms with van der Waals surface area (Å²) in [5, 5.41) is 12.1. The van der Waals surface area contributed by atoms with Gasteiger partial charge in [0.05, 0.1) is 11.6 Å². The van der Waals surface area contributed by atoms with E-state index < -0.39 is 11.9 Å². The molecular weight excluding hydrogens is 310 g/mol. The van der Waals surface area contributed by atoms with Gasteiger partial charge in [-0.15, -0.1) is 11.3 Å². The first kappa shape index (κ1) is 17.7. The molecule has 0 spiro atoms. The number of aliphatic hydroxyl groups is 1. The molecule has 2 atom stereocenters. The van der Waals surface area contributed by atoms with E-state index in [1.54, 1.807) is 4.90 Å². The summed E-state index contributed by atoms with van der Waals surface area (Å²) in [6.07, 6.45) is 4.30. The molecule has 0 saturated heterocycles. The lowest BCUT2D eigenvalue weighted by molar-refractivity contribution is -0.130. The number of unbranched alkanes of at least 4 members (excludes halogenated alkanes) is 1. The highest BCUT2D eigenvalue weighted by molar-refractivity contribution is 7.10. The molecule has 5 heteroatoms. The number of nitrogens with zero attached hydrogens (tertiary/aromatic N) is 1. The number of amides is 1. The van der Waals surface area contributed by atoms with Gasteiger partial charge in [-0.1, -0.05) is 39.2 Å². The summed E-state index contributed by atoms with van der Waals surface area (Å²) in [4.78, 5) is 27.1. The number of aliphatic hydroxyl groups excluding tert-OH is 1. The second kappa shape index (κ2) is 7.77. The van der Waals surface area contributed by atoms with Crippen LogP contribution >= 0.6 is 11.3 Å². The second-order valence-electron chi connectivity index (χ2n) is 6.11. The Kier molecular flexibility index (Phi) is 5.99. The lowest BCUT2D eigenvalue weighted by Gasteiger charge is -2.29. The third kappa shape index (κ3) is 3.66. The molecule has 2 rings (SSSR count). The van der Waals surface area contributed by atoms with Crippen LogP contribution in [0.2, 0.25) is 0 Å². The number of thiophene rings is 1. The van der Waals surface area contributed by atoms with Crippen molar-refractivity contribution in [1.82, 2.24) is 4.90 Å². The molecular formula is C18H25NO3S. The van der Waals surface area contributed by atoms with Crippen molar-refractivity contribution < 1.29 is 14.7 Å². The van der Waals surface area contributed by atoms with Crippen LogP contribution < -0.4 is 0 Å². The van der Waals surface area contributed by atoms with Gasteiger partial charge in [-0.3, -0.25) is 9.59 Å². The fourth-order valence-corrected chi connectivity index (χ4v) is 3.98. The van der Waals surface area contributed by atoms with Gasteiger partial charge >= 0.3 is 0 Å². The van der Waals surface area contributed by atoms with Gasteiger partial charge in [-0.25, -0.2) is 0 Å². The van der Waals surface area contributed by atoms with Crippen molar-refractivity contribution in [2.24, 2.45) is 5.92 Å². The first-order valence-electron chi connectivity index (χ1n) is 8.29. The average molecular weight is 335 g/mol. The summed E-state index contributed by atoms with van der Waals surface area (Å²) in [6, 6.07) is 3.39. The lowest BCUT2D eigenvalue weighted by atomic mass is 9.97. The van der Waals surface area contributed by atoms with Crippen LogP contribution in [0.5, 0.6) is 0 Å². The third-order valence-corrected chi connectivity index (χ3v) is 5.42. The maximum Gasteiger partial charge on any atom is 0.290 e. The van der Waals surface area contributed by atoms with Crippen molar-refractivity contribution in [2.45, 2.75) is 52.5 Å². The minimum Gasteiger partial charge on any atom is -0.503 e.